The molecule has 1 heterocycles. The molecule has 0 aliphatic heterocycles. The van der Waals surface area contributed by atoms with Crippen LogP contribution in [-0.4, -0.2) is 54.6 Å². The molecular weight excluding hydrogens is 591 g/mol. The number of hydrogen-bond acceptors (Lipinski definition) is 6. The lowest BCUT2D eigenvalue weighted by molar-refractivity contribution is -0.122. The van der Waals surface area contributed by atoms with Crippen molar-refractivity contribution in [2.75, 3.05) is 31.6 Å². The number of halogens is 2. The maximum absolute atomic E-state index is 12.9. The van der Waals surface area contributed by atoms with Gasteiger partial charge in [-0.1, -0.05) is 53.5 Å². The lowest BCUT2D eigenvalue weighted by Crippen LogP contribution is -2.37. The minimum atomic E-state index is -0.471. The number of rotatable bonds is 11. The maximum atomic E-state index is 12.9. The van der Waals surface area contributed by atoms with Gasteiger partial charge in [-0.05, 0) is 55.0 Å². The standard InChI is InChI=1S/C32H30Cl2N4O5/c1-20-6-10-22-4-3-5-27(31(22)37-20)43-19-24-25(33)13-14-26(30(24)34)38(2)29(41)18-36-28(40)15-9-21-7-11-23(12-8-21)32(42)35-16-17-39/h3-15,39H,16-19H2,1-2H3,(H,35,42)(H,36,40). The molecule has 43 heavy (non-hydrogen) atoms. The Morgan fingerprint density at radius 1 is 1.00 bits per heavy atom. The van der Waals surface area contributed by atoms with Crippen LogP contribution in [0.3, 0.4) is 0 Å². The average Bonchev–Trinajstić information content (AvgIpc) is 3.01. The molecule has 0 saturated heterocycles. The number of aliphatic hydroxyl groups is 1. The summed E-state index contributed by atoms with van der Waals surface area (Å²) in [4.78, 5) is 43.1. The summed E-state index contributed by atoms with van der Waals surface area (Å²) in [6.45, 7) is 1.71. The van der Waals surface area contributed by atoms with Gasteiger partial charge in [0.05, 0.1) is 23.9 Å². The molecule has 11 heteroatoms. The van der Waals surface area contributed by atoms with Gasteiger partial charge in [0.2, 0.25) is 11.8 Å². The smallest absolute Gasteiger partial charge is 0.251 e. The molecule has 1 aromatic heterocycles. The van der Waals surface area contributed by atoms with Gasteiger partial charge in [0.25, 0.3) is 5.91 Å². The molecule has 4 rings (SSSR count). The molecule has 0 aliphatic carbocycles. The summed E-state index contributed by atoms with van der Waals surface area (Å²) in [6.07, 6.45) is 2.86. The molecule has 0 radical (unpaired) electrons. The van der Waals surface area contributed by atoms with Crippen LogP contribution in [0.1, 0.15) is 27.2 Å². The highest BCUT2D eigenvalue weighted by Crippen LogP contribution is 2.35. The van der Waals surface area contributed by atoms with Crippen LogP contribution >= 0.6 is 23.2 Å². The van der Waals surface area contributed by atoms with E-state index in [1.807, 2.05) is 37.3 Å². The summed E-state index contributed by atoms with van der Waals surface area (Å²) in [6, 6.07) is 19.4. The first kappa shape index (κ1) is 31.5. The molecule has 3 aromatic carbocycles. The first-order valence-electron chi connectivity index (χ1n) is 13.4. The van der Waals surface area contributed by atoms with Crippen molar-refractivity contribution >= 4 is 63.6 Å². The molecule has 0 unspecified atom stereocenters. The molecule has 3 amide bonds. The quantitative estimate of drug-likeness (QED) is 0.204. The van der Waals surface area contributed by atoms with Crippen LogP contribution in [0.15, 0.2) is 72.8 Å². The van der Waals surface area contributed by atoms with E-state index in [0.717, 1.165) is 16.6 Å². The Morgan fingerprint density at radius 3 is 2.51 bits per heavy atom. The number of aryl methyl sites for hydroxylation is 1. The molecule has 4 aromatic rings. The Hall–Kier alpha value is -4.44. The van der Waals surface area contributed by atoms with E-state index in [0.29, 0.717) is 33.1 Å². The number of fused-ring (bicyclic) bond motifs is 1. The van der Waals surface area contributed by atoms with E-state index in [9.17, 15) is 14.4 Å². The number of nitrogens with zero attached hydrogens (tertiary/aromatic N) is 2. The second kappa shape index (κ2) is 14.6. The van der Waals surface area contributed by atoms with Crippen molar-refractivity contribution in [1.29, 1.82) is 0 Å². The molecule has 3 N–H and O–H groups in total. The van der Waals surface area contributed by atoms with Crippen molar-refractivity contribution in [1.82, 2.24) is 15.6 Å². The van der Waals surface area contributed by atoms with Crippen LogP contribution in [-0.2, 0) is 16.2 Å². The first-order valence-corrected chi connectivity index (χ1v) is 14.1. The third-order valence-electron chi connectivity index (χ3n) is 6.51. The van der Waals surface area contributed by atoms with Crippen LogP contribution in [0.4, 0.5) is 5.69 Å². The molecule has 0 bridgehead atoms. The number of carbonyl (C=O) groups is 3. The second-order valence-electron chi connectivity index (χ2n) is 9.53. The largest absolute Gasteiger partial charge is 0.487 e. The number of aromatic nitrogens is 1. The predicted molar refractivity (Wildman–Crippen MR) is 169 cm³/mol. The monoisotopic (exact) mass is 620 g/mol. The van der Waals surface area contributed by atoms with Crippen molar-refractivity contribution in [3.8, 4) is 5.75 Å². The Kier molecular flexibility index (Phi) is 10.7. The molecule has 0 spiro atoms. The Labute approximate surface area is 259 Å². The van der Waals surface area contributed by atoms with Crippen LogP contribution in [0.5, 0.6) is 5.75 Å². The zero-order valence-electron chi connectivity index (χ0n) is 23.6. The number of amides is 3. The highest BCUT2D eigenvalue weighted by atomic mass is 35.5. The molecule has 9 nitrogen and oxygen atoms in total. The topological polar surface area (TPSA) is 121 Å². The summed E-state index contributed by atoms with van der Waals surface area (Å²) in [5.41, 5.74) is 3.62. The number of aliphatic hydroxyl groups excluding tert-OH is 1. The lowest BCUT2D eigenvalue weighted by atomic mass is 10.1. The molecule has 0 saturated carbocycles. The number of carbonyl (C=O) groups excluding carboxylic acids is 3. The van der Waals surface area contributed by atoms with Crippen molar-refractivity contribution in [3.05, 3.63) is 105 Å². The SMILES string of the molecule is Cc1ccc2cccc(OCc3c(Cl)ccc(N(C)C(=O)CNC(=O)C=Cc4ccc(C(=O)NCCO)cc4)c3Cl)c2n1. The van der Waals surface area contributed by atoms with Crippen LogP contribution in [0.2, 0.25) is 10.0 Å². The molecule has 0 atom stereocenters. The van der Waals surface area contributed by atoms with Gasteiger partial charge >= 0.3 is 0 Å². The number of nitrogens with one attached hydrogen (secondary N) is 2. The lowest BCUT2D eigenvalue weighted by Gasteiger charge is -2.21. The van der Waals surface area contributed by atoms with E-state index in [-0.39, 0.29) is 37.2 Å². The number of hydrogen-bond donors (Lipinski definition) is 3. The van der Waals surface area contributed by atoms with Crippen molar-refractivity contribution in [3.63, 3.8) is 0 Å². The summed E-state index contributed by atoms with van der Waals surface area (Å²) in [5.74, 6) is -0.590. The highest BCUT2D eigenvalue weighted by molar-refractivity contribution is 6.38. The van der Waals surface area contributed by atoms with Gasteiger partial charge in [-0.15, -0.1) is 0 Å². The van der Waals surface area contributed by atoms with Crippen molar-refractivity contribution in [2.45, 2.75) is 13.5 Å². The average molecular weight is 622 g/mol. The number of para-hydroxylation sites is 1. The van der Waals surface area contributed by atoms with E-state index in [1.165, 1.54) is 11.0 Å². The summed E-state index contributed by atoms with van der Waals surface area (Å²) < 4.78 is 6.06. The molecular formula is C32H30Cl2N4O5. The van der Waals surface area contributed by atoms with E-state index in [4.69, 9.17) is 33.0 Å². The Morgan fingerprint density at radius 2 is 1.77 bits per heavy atom. The van der Waals surface area contributed by atoms with Gasteiger partial charge in [0.15, 0.2) is 0 Å². The van der Waals surface area contributed by atoms with Crippen LogP contribution < -0.4 is 20.3 Å². The Balaban J connectivity index is 1.36. The predicted octanol–water partition coefficient (Wildman–Crippen LogP) is 4.94. The van der Waals surface area contributed by atoms with Gasteiger partial charge in [0, 0.05) is 46.9 Å². The molecule has 222 valence electrons. The fourth-order valence-electron chi connectivity index (χ4n) is 4.12. The minimum Gasteiger partial charge on any atom is -0.487 e. The Bertz CT molecular complexity index is 1670. The molecule has 0 fully saturated rings. The zero-order valence-corrected chi connectivity index (χ0v) is 25.1. The van der Waals surface area contributed by atoms with Crippen LogP contribution in [0, 0.1) is 6.92 Å². The fraction of sp³-hybridized carbons (Fsp3) is 0.188. The number of likely N-dealkylation sites (N-methyl/N-ethyl adjacent to an activating group) is 1. The second-order valence-corrected chi connectivity index (χ2v) is 10.3. The van der Waals surface area contributed by atoms with Gasteiger partial charge < -0.3 is 25.4 Å². The maximum Gasteiger partial charge on any atom is 0.251 e. The normalized spacial score (nSPS) is 11.0. The summed E-state index contributed by atoms with van der Waals surface area (Å²) in [5, 5.41) is 15.5. The third-order valence-corrected chi connectivity index (χ3v) is 7.28. The fourth-order valence-corrected chi connectivity index (χ4v) is 4.73. The number of pyridine rings is 1. The summed E-state index contributed by atoms with van der Waals surface area (Å²) in [7, 11) is 1.56. The van der Waals surface area contributed by atoms with Gasteiger partial charge in [-0.3, -0.25) is 14.4 Å². The van der Waals surface area contributed by atoms with Crippen molar-refractivity contribution < 1.29 is 24.2 Å². The third kappa shape index (κ3) is 8.10. The first-order chi connectivity index (χ1) is 20.7. The van der Waals surface area contributed by atoms with Gasteiger partial charge in [0.1, 0.15) is 17.9 Å². The zero-order chi connectivity index (χ0) is 30.9. The number of ether oxygens (including phenoxy) is 1. The van der Waals surface area contributed by atoms with Crippen LogP contribution in [0.25, 0.3) is 17.0 Å². The molecule has 0 aliphatic rings. The van der Waals surface area contributed by atoms with E-state index >= 15 is 0 Å². The number of anilines is 1. The van der Waals surface area contributed by atoms with Gasteiger partial charge in [-0.25, -0.2) is 4.98 Å². The van der Waals surface area contributed by atoms with E-state index in [1.54, 1.807) is 49.5 Å². The minimum absolute atomic E-state index is 0.0537. The van der Waals surface area contributed by atoms with E-state index < -0.39 is 11.8 Å². The van der Waals surface area contributed by atoms with E-state index in [2.05, 4.69) is 15.6 Å². The van der Waals surface area contributed by atoms with Gasteiger partial charge in [-0.2, -0.15) is 0 Å². The highest BCUT2D eigenvalue weighted by Gasteiger charge is 2.19. The number of benzene rings is 3. The van der Waals surface area contributed by atoms with Crippen molar-refractivity contribution in [2.24, 2.45) is 0 Å². The summed E-state index contributed by atoms with van der Waals surface area (Å²) >= 11 is 13.1.